The normalized spacial score (nSPS) is 10.1. The van der Waals surface area contributed by atoms with Crippen molar-refractivity contribution in [2.75, 3.05) is 30.9 Å². The lowest BCUT2D eigenvalue weighted by molar-refractivity contribution is -0.115. The summed E-state index contributed by atoms with van der Waals surface area (Å²) in [5.74, 6) is 0.705. The van der Waals surface area contributed by atoms with Crippen LogP contribution in [0.1, 0.15) is 5.56 Å². The highest BCUT2D eigenvalue weighted by Gasteiger charge is 2.04. The summed E-state index contributed by atoms with van der Waals surface area (Å²) in [5.41, 5.74) is 1.68. The molecule has 2 N–H and O–H groups in total. The maximum absolute atomic E-state index is 11.9. The topological polar surface area (TPSA) is 63.2 Å². The van der Waals surface area contributed by atoms with E-state index >= 15 is 0 Å². The third kappa shape index (κ3) is 5.24. The largest absolute Gasteiger partial charge is 0.383 e. The third-order valence-electron chi connectivity index (χ3n) is 2.87. The Balaban J connectivity index is 1.83. The summed E-state index contributed by atoms with van der Waals surface area (Å²) in [6, 6.07) is 13.3. The van der Waals surface area contributed by atoms with Crippen LogP contribution in [0.5, 0.6) is 0 Å². The van der Waals surface area contributed by atoms with Gasteiger partial charge in [-0.25, -0.2) is 4.98 Å². The zero-order valence-corrected chi connectivity index (χ0v) is 12.0. The Morgan fingerprint density at radius 1 is 1.19 bits per heavy atom. The molecule has 21 heavy (non-hydrogen) atoms. The molecule has 1 heterocycles. The van der Waals surface area contributed by atoms with Crippen LogP contribution in [0.25, 0.3) is 0 Å². The number of ether oxygens (including phenoxy) is 1. The lowest BCUT2D eigenvalue weighted by atomic mass is 10.1. The van der Waals surface area contributed by atoms with E-state index in [1.54, 1.807) is 13.3 Å². The van der Waals surface area contributed by atoms with Crippen LogP contribution in [0.4, 0.5) is 11.5 Å². The molecular formula is C16H19N3O2. The first-order chi connectivity index (χ1) is 10.3. The molecule has 0 aliphatic carbocycles. The fourth-order valence-electron chi connectivity index (χ4n) is 1.84. The number of carbonyl (C=O) groups excluding carboxylic acids is 1. The van der Waals surface area contributed by atoms with Crippen molar-refractivity contribution >= 4 is 17.4 Å². The first kappa shape index (κ1) is 15.0. The second-order valence-electron chi connectivity index (χ2n) is 4.56. The average Bonchev–Trinajstić information content (AvgIpc) is 2.50. The summed E-state index contributed by atoms with van der Waals surface area (Å²) < 4.78 is 4.95. The molecule has 0 aliphatic heterocycles. The average molecular weight is 285 g/mol. The molecule has 5 heteroatoms. The summed E-state index contributed by atoms with van der Waals surface area (Å²) in [5, 5.41) is 5.95. The van der Waals surface area contributed by atoms with Crippen molar-refractivity contribution in [3.05, 3.63) is 54.2 Å². The molecule has 1 amide bonds. The van der Waals surface area contributed by atoms with Crippen molar-refractivity contribution in [2.24, 2.45) is 0 Å². The number of aromatic nitrogens is 1. The van der Waals surface area contributed by atoms with E-state index in [0.717, 1.165) is 11.4 Å². The number of amides is 1. The molecule has 0 saturated heterocycles. The van der Waals surface area contributed by atoms with Crippen molar-refractivity contribution in [3.8, 4) is 0 Å². The van der Waals surface area contributed by atoms with Crippen LogP contribution >= 0.6 is 0 Å². The molecule has 0 bridgehead atoms. The van der Waals surface area contributed by atoms with Crippen LogP contribution in [0.3, 0.4) is 0 Å². The Labute approximate surface area is 124 Å². The van der Waals surface area contributed by atoms with Gasteiger partial charge in [-0.05, 0) is 17.7 Å². The number of carbonyl (C=O) groups is 1. The van der Waals surface area contributed by atoms with E-state index in [0.29, 0.717) is 25.3 Å². The van der Waals surface area contributed by atoms with E-state index in [9.17, 15) is 4.79 Å². The number of benzene rings is 1. The third-order valence-corrected chi connectivity index (χ3v) is 2.87. The maximum atomic E-state index is 11.9. The highest BCUT2D eigenvalue weighted by atomic mass is 16.5. The SMILES string of the molecule is COCCNc1ccc(NC(=O)Cc2ccccc2)cn1. The molecule has 0 radical (unpaired) electrons. The van der Waals surface area contributed by atoms with Crippen molar-refractivity contribution in [1.82, 2.24) is 4.98 Å². The van der Waals surface area contributed by atoms with Crippen LogP contribution in [-0.2, 0) is 16.0 Å². The van der Waals surface area contributed by atoms with E-state index in [2.05, 4.69) is 15.6 Å². The molecule has 1 aromatic heterocycles. The van der Waals surface area contributed by atoms with Crippen LogP contribution in [0.2, 0.25) is 0 Å². The van der Waals surface area contributed by atoms with Gasteiger partial charge in [-0.3, -0.25) is 4.79 Å². The number of anilines is 2. The van der Waals surface area contributed by atoms with Gasteiger partial charge in [0.15, 0.2) is 0 Å². The van der Waals surface area contributed by atoms with Crippen molar-refractivity contribution in [2.45, 2.75) is 6.42 Å². The molecule has 0 spiro atoms. The number of rotatable bonds is 7. The molecule has 1 aromatic carbocycles. The minimum Gasteiger partial charge on any atom is -0.383 e. The van der Waals surface area contributed by atoms with Gasteiger partial charge in [0.25, 0.3) is 0 Å². The fraction of sp³-hybridized carbons (Fsp3) is 0.250. The Morgan fingerprint density at radius 3 is 2.67 bits per heavy atom. The zero-order valence-electron chi connectivity index (χ0n) is 12.0. The Kier molecular flexibility index (Phi) is 5.72. The second-order valence-corrected chi connectivity index (χ2v) is 4.56. The molecule has 0 saturated carbocycles. The number of hydrogen-bond donors (Lipinski definition) is 2. The Hall–Kier alpha value is -2.40. The van der Waals surface area contributed by atoms with Crippen LogP contribution in [-0.4, -0.2) is 31.2 Å². The quantitative estimate of drug-likeness (QED) is 0.766. The highest BCUT2D eigenvalue weighted by molar-refractivity contribution is 5.92. The molecule has 110 valence electrons. The van der Waals surface area contributed by atoms with E-state index in [1.165, 1.54) is 0 Å². The summed E-state index contributed by atoms with van der Waals surface area (Å²) in [6.07, 6.45) is 1.99. The van der Waals surface area contributed by atoms with Gasteiger partial charge in [0.2, 0.25) is 5.91 Å². The van der Waals surface area contributed by atoms with E-state index in [4.69, 9.17) is 4.74 Å². The first-order valence-electron chi connectivity index (χ1n) is 6.80. The van der Waals surface area contributed by atoms with Gasteiger partial charge in [0.1, 0.15) is 5.82 Å². The van der Waals surface area contributed by atoms with E-state index in [-0.39, 0.29) is 5.91 Å². The smallest absolute Gasteiger partial charge is 0.228 e. The van der Waals surface area contributed by atoms with Crippen molar-refractivity contribution < 1.29 is 9.53 Å². The second kappa shape index (κ2) is 8.01. The van der Waals surface area contributed by atoms with Gasteiger partial charge in [0.05, 0.1) is 24.9 Å². The van der Waals surface area contributed by atoms with Gasteiger partial charge in [0, 0.05) is 13.7 Å². The molecule has 0 atom stereocenters. The van der Waals surface area contributed by atoms with E-state index in [1.807, 2.05) is 42.5 Å². The molecule has 2 rings (SSSR count). The molecule has 0 aliphatic rings. The fourth-order valence-corrected chi connectivity index (χ4v) is 1.84. The summed E-state index contributed by atoms with van der Waals surface area (Å²) >= 11 is 0. The zero-order chi connectivity index (χ0) is 14.9. The van der Waals surface area contributed by atoms with Gasteiger partial charge < -0.3 is 15.4 Å². The van der Waals surface area contributed by atoms with Gasteiger partial charge >= 0.3 is 0 Å². The first-order valence-corrected chi connectivity index (χ1v) is 6.80. The molecule has 0 fully saturated rings. The standard InChI is InChI=1S/C16H19N3O2/c1-21-10-9-17-15-8-7-14(12-18-15)19-16(20)11-13-5-3-2-4-6-13/h2-8,12H,9-11H2,1H3,(H,17,18)(H,19,20). The van der Waals surface area contributed by atoms with Crippen molar-refractivity contribution in [1.29, 1.82) is 0 Å². The Bertz CT molecular complexity index is 555. The molecule has 0 unspecified atom stereocenters. The lowest BCUT2D eigenvalue weighted by Crippen LogP contribution is -2.14. The van der Waals surface area contributed by atoms with Crippen LogP contribution in [0, 0.1) is 0 Å². The predicted octanol–water partition coefficient (Wildman–Crippen LogP) is 2.32. The number of nitrogens with zero attached hydrogens (tertiary/aromatic N) is 1. The predicted molar refractivity (Wildman–Crippen MR) is 83.4 cm³/mol. The monoisotopic (exact) mass is 285 g/mol. The minimum atomic E-state index is -0.0527. The van der Waals surface area contributed by atoms with Crippen LogP contribution < -0.4 is 10.6 Å². The molecule has 5 nitrogen and oxygen atoms in total. The maximum Gasteiger partial charge on any atom is 0.228 e. The van der Waals surface area contributed by atoms with Crippen molar-refractivity contribution in [3.63, 3.8) is 0 Å². The number of methoxy groups -OCH3 is 1. The molecular weight excluding hydrogens is 266 g/mol. The molecule has 2 aromatic rings. The number of nitrogens with one attached hydrogen (secondary N) is 2. The lowest BCUT2D eigenvalue weighted by Gasteiger charge is -2.07. The van der Waals surface area contributed by atoms with Gasteiger partial charge in [-0.15, -0.1) is 0 Å². The van der Waals surface area contributed by atoms with Gasteiger partial charge in [-0.1, -0.05) is 30.3 Å². The summed E-state index contributed by atoms with van der Waals surface area (Å²) in [6.45, 7) is 1.32. The summed E-state index contributed by atoms with van der Waals surface area (Å²) in [7, 11) is 1.65. The Morgan fingerprint density at radius 2 is 2.00 bits per heavy atom. The van der Waals surface area contributed by atoms with Gasteiger partial charge in [-0.2, -0.15) is 0 Å². The van der Waals surface area contributed by atoms with Crippen LogP contribution in [0.15, 0.2) is 48.7 Å². The van der Waals surface area contributed by atoms with E-state index < -0.39 is 0 Å². The summed E-state index contributed by atoms with van der Waals surface area (Å²) in [4.78, 5) is 16.1. The number of hydrogen-bond acceptors (Lipinski definition) is 4. The number of pyridine rings is 1. The highest BCUT2D eigenvalue weighted by Crippen LogP contribution is 2.10. The minimum absolute atomic E-state index is 0.0527.